The van der Waals surface area contributed by atoms with E-state index < -0.39 is 34.3 Å². The number of nitrogens with zero attached hydrogens (tertiary/aromatic N) is 2. The van der Waals surface area contributed by atoms with Gasteiger partial charge in [0.15, 0.2) is 0 Å². The minimum Gasteiger partial charge on any atom is -0.494 e. The monoisotopic (exact) mass is 647 g/mol. The van der Waals surface area contributed by atoms with Crippen molar-refractivity contribution in [2.45, 2.75) is 57.6 Å². The molecule has 0 aromatic heterocycles. The Morgan fingerprint density at radius 1 is 0.951 bits per heavy atom. The Morgan fingerprint density at radius 3 is 2.12 bits per heavy atom. The van der Waals surface area contributed by atoms with Crippen LogP contribution >= 0.6 is 15.9 Å². The van der Waals surface area contributed by atoms with Crippen molar-refractivity contribution in [3.63, 3.8) is 0 Å². The third-order valence-electron chi connectivity index (χ3n) is 6.55. The molecule has 3 aromatic rings. The molecule has 220 valence electrons. The largest absolute Gasteiger partial charge is 0.494 e. The van der Waals surface area contributed by atoms with Gasteiger partial charge in [0, 0.05) is 17.1 Å². The molecule has 0 fully saturated rings. The van der Waals surface area contributed by atoms with Crippen molar-refractivity contribution in [1.82, 2.24) is 10.2 Å². The van der Waals surface area contributed by atoms with Crippen LogP contribution in [0.2, 0.25) is 0 Å². The summed E-state index contributed by atoms with van der Waals surface area (Å²) in [5.41, 5.74) is 0.842. The first kappa shape index (κ1) is 32.1. The van der Waals surface area contributed by atoms with Gasteiger partial charge in [0.2, 0.25) is 11.8 Å². The van der Waals surface area contributed by atoms with Gasteiger partial charge in [-0.3, -0.25) is 13.9 Å². The molecule has 0 bridgehead atoms. The van der Waals surface area contributed by atoms with Crippen LogP contribution in [-0.4, -0.2) is 50.4 Å². The summed E-state index contributed by atoms with van der Waals surface area (Å²) in [7, 11) is -4.20. The standard InChI is InChI=1S/C30H35BrFN3O5S/c1-5-21(3)33-30(37)22(4)34(19-23-7-11-25(32)12-8-23)29(36)20-35(26-13-15-27(16-14-26)40-6-2)41(38,39)28-17-9-24(31)10-18-28/h7-18,21-22H,5-6,19-20H2,1-4H3,(H,33,37)/t21-,22-/m1/s1. The van der Waals surface area contributed by atoms with E-state index in [1.807, 2.05) is 20.8 Å². The summed E-state index contributed by atoms with van der Waals surface area (Å²) < 4.78 is 48.6. The number of halogens is 2. The van der Waals surface area contributed by atoms with E-state index in [1.54, 1.807) is 43.3 Å². The summed E-state index contributed by atoms with van der Waals surface area (Å²) in [6.45, 7) is 7.05. The van der Waals surface area contributed by atoms with Crippen LogP contribution in [0.3, 0.4) is 0 Å². The number of ether oxygens (including phenoxy) is 1. The maximum absolute atomic E-state index is 13.9. The molecule has 0 radical (unpaired) electrons. The number of benzene rings is 3. The number of sulfonamides is 1. The van der Waals surface area contributed by atoms with E-state index >= 15 is 0 Å². The lowest BCUT2D eigenvalue weighted by molar-refractivity contribution is -0.139. The SMILES string of the molecule is CCOc1ccc(N(CC(=O)N(Cc2ccc(F)cc2)[C@H](C)C(=O)N[C@H](C)CC)S(=O)(=O)c2ccc(Br)cc2)cc1. The highest BCUT2D eigenvalue weighted by Crippen LogP contribution is 2.27. The molecule has 3 aromatic carbocycles. The van der Waals surface area contributed by atoms with Gasteiger partial charge in [-0.1, -0.05) is 35.0 Å². The zero-order valence-corrected chi connectivity index (χ0v) is 25.9. The molecular formula is C30H35BrFN3O5S. The van der Waals surface area contributed by atoms with E-state index in [9.17, 15) is 22.4 Å². The summed E-state index contributed by atoms with van der Waals surface area (Å²) in [6.07, 6.45) is 0.696. The summed E-state index contributed by atoms with van der Waals surface area (Å²) in [5.74, 6) is -0.859. The Bertz CT molecular complexity index is 1420. The predicted molar refractivity (Wildman–Crippen MR) is 161 cm³/mol. The molecule has 0 unspecified atom stereocenters. The van der Waals surface area contributed by atoms with Gasteiger partial charge in [0.25, 0.3) is 10.0 Å². The number of carbonyl (C=O) groups is 2. The Hall–Kier alpha value is -3.44. The molecule has 0 aliphatic carbocycles. The van der Waals surface area contributed by atoms with Gasteiger partial charge in [-0.15, -0.1) is 0 Å². The summed E-state index contributed by atoms with van der Waals surface area (Å²) in [5, 5.41) is 2.88. The van der Waals surface area contributed by atoms with E-state index in [2.05, 4.69) is 21.2 Å². The van der Waals surface area contributed by atoms with Crippen LogP contribution in [0, 0.1) is 5.82 Å². The Kier molecular flexibility index (Phi) is 11.3. The van der Waals surface area contributed by atoms with Gasteiger partial charge in [-0.05, 0) is 93.4 Å². The minimum absolute atomic E-state index is 0.00460. The molecule has 3 rings (SSSR count). The first-order chi connectivity index (χ1) is 19.5. The van der Waals surface area contributed by atoms with Crippen molar-refractivity contribution in [3.05, 3.63) is 88.6 Å². The second-order valence-corrected chi connectivity index (χ2v) is 12.3. The zero-order chi connectivity index (χ0) is 30.2. The van der Waals surface area contributed by atoms with E-state index in [0.29, 0.717) is 28.8 Å². The van der Waals surface area contributed by atoms with Gasteiger partial charge < -0.3 is 15.0 Å². The Labute approximate surface area is 249 Å². The lowest BCUT2D eigenvalue weighted by Gasteiger charge is -2.32. The number of rotatable bonds is 13. The molecule has 8 nitrogen and oxygen atoms in total. The van der Waals surface area contributed by atoms with Crippen molar-refractivity contribution in [2.24, 2.45) is 0 Å². The smallest absolute Gasteiger partial charge is 0.264 e. The van der Waals surface area contributed by atoms with Gasteiger partial charge >= 0.3 is 0 Å². The lowest BCUT2D eigenvalue weighted by atomic mass is 10.1. The van der Waals surface area contributed by atoms with E-state index in [4.69, 9.17) is 4.74 Å². The number of hydrogen-bond acceptors (Lipinski definition) is 5. The fourth-order valence-corrected chi connectivity index (χ4v) is 5.65. The molecule has 11 heteroatoms. The van der Waals surface area contributed by atoms with Gasteiger partial charge in [-0.2, -0.15) is 0 Å². The third kappa shape index (κ3) is 8.53. The molecule has 2 atom stereocenters. The Balaban J connectivity index is 2.02. The molecule has 0 aliphatic heterocycles. The van der Waals surface area contributed by atoms with Crippen molar-refractivity contribution >= 4 is 43.5 Å². The van der Waals surface area contributed by atoms with E-state index in [0.717, 1.165) is 4.31 Å². The first-order valence-corrected chi connectivity index (χ1v) is 15.5. The van der Waals surface area contributed by atoms with Crippen molar-refractivity contribution < 1.29 is 27.1 Å². The number of nitrogens with one attached hydrogen (secondary N) is 1. The van der Waals surface area contributed by atoms with Gasteiger partial charge in [0.1, 0.15) is 24.2 Å². The molecule has 0 saturated heterocycles. The highest BCUT2D eigenvalue weighted by atomic mass is 79.9. The van der Waals surface area contributed by atoms with Crippen LogP contribution in [0.4, 0.5) is 10.1 Å². The average molecular weight is 649 g/mol. The fourth-order valence-electron chi connectivity index (χ4n) is 3.97. The number of carbonyl (C=O) groups excluding carboxylic acids is 2. The molecule has 1 N–H and O–H groups in total. The van der Waals surface area contributed by atoms with E-state index in [1.165, 1.54) is 41.3 Å². The highest BCUT2D eigenvalue weighted by molar-refractivity contribution is 9.10. The van der Waals surface area contributed by atoms with E-state index in [-0.39, 0.29) is 29.1 Å². The number of amides is 2. The molecule has 0 saturated carbocycles. The first-order valence-electron chi connectivity index (χ1n) is 13.3. The highest BCUT2D eigenvalue weighted by Gasteiger charge is 2.32. The summed E-state index contributed by atoms with van der Waals surface area (Å²) in [6, 6.07) is 17.0. The van der Waals surface area contributed by atoms with Gasteiger partial charge in [-0.25, -0.2) is 12.8 Å². The van der Waals surface area contributed by atoms with Crippen molar-refractivity contribution in [2.75, 3.05) is 17.5 Å². The summed E-state index contributed by atoms with van der Waals surface area (Å²) >= 11 is 3.32. The lowest BCUT2D eigenvalue weighted by Crippen LogP contribution is -2.52. The van der Waals surface area contributed by atoms with Crippen molar-refractivity contribution in [1.29, 1.82) is 0 Å². The molecular weight excluding hydrogens is 613 g/mol. The predicted octanol–water partition coefficient (Wildman–Crippen LogP) is 5.51. The molecule has 0 aliphatic rings. The topological polar surface area (TPSA) is 96.0 Å². The average Bonchev–Trinajstić information content (AvgIpc) is 2.95. The molecule has 41 heavy (non-hydrogen) atoms. The van der Waals surface area contributed by atoms with Crippen LogP contribution in [0.15, 0.2) is 82.2 Å². The molecule has 0 spiro atoms. The van der Waals surface area contributed by atoms with Crippen LogP contribution in [0.5, 0.6) is 5.75 Å². The minimum atomic E-state index is -4.20. The quantitative estimate of drug-likeness (QED) is 0.264. The zero-order valence-electron chi connectivity index (χ0n) is 23.5. The molecule has 0 heterocycles. The Morgan fingerprint density at radius 2 is 1.56 bits per heavy atom. The van der Waals surface area contributed by atoms with Crippen molar-refractivity contribution in [3.8, 4) is 5.75 Å². The maximum atomic E-state index is 13.9. The van der Waals surface area contributed by atoms with Crippen LogP contribution in [0.25, 0.3) is 0 Å². The fraction of sp³-hybridized carbons (Fsp3) is 0.333. The number of anilines is 1. The summed E-state index contributed by atoms with van der Waals surface area (Å²) in [4.78, 5) is 28.3. The molecule has 2 amide bonds. The maximum Gasteiger partial charge on any atom is 0.264 e. The third-order valence-corrected chi connectivity index (χ3v) is 8.87. The van der Waals surface area contributed by atoms with Gasteiger partial charge in [0.05, 0.1) is 17.2 Å². The van der Waals surface area contributed by atoms with Crippen LogP contribution in [-0.2, 0) is 26.2 Å². The van der Waals surface area contributed by atoms with Crippen LogP contribution in [0.1, 0.15) is 39.7 Å². The van der Waals surface area contributed by atoms with Crippen LogP contribution < -0.4 is 14.4 Å². The second kappa shape index (κ2) is 14.5. The second-order valence-electron chi connectivity index (χ2n) is 9.53. The normalized spacial score (nSPS) is 12.7. The number of hydrogen-bond donors (Lipinski definition) is 1.